The molecule has 0 fully saturated rings. The van der Waals surface area contributed by atoms with Crippen molar-refractivity contribution >= 4 is 10.0 Å². The molecule has 1 aromatic rings. The predicted molar refractivity (Wildman–Crippen MR) is 64.8 cm³/mol. The molecule has 0 aliphatic carbocycles. The van der Waals surface area contributed by atoms with Crippen LogP contribution in [-0.2, 0) is 15.8 Å². The monoisotopic (exact) mass is 277 g/mol. The van der Waals surface area contributed by atoms with Crippen LogP contribution >= 0.6 is 0 Å². The summed E-state index contributed by atoms with van der Waals surface area (Å²) >= 11 is 0. The molecule has 0 unspecified atom stereocenters. The minimum atomic E-state index is -3.62. The number of hydrogen-bond donors (Lipinski definition) is 2. The molecule has 0 spiro atoms. The molecule has 0 amide bonds. The van der Waals surface area contributed by atoms with Gasteiger partial charge >= 0.3 is 0 Å². The van der Waals surface area contributed by atoms with Crippen LogP contribution in [0.15, 0.2) is 24.3 Å². The highest BCUT2D eigenvalue weighted by Crippen LogP contribution is 2.11. The summed E-state index contributed by atoms with van der Waals surface area (Å²) in [4.78, 5) is 0. The molecule has 0 heterocycles. The fraction of sp³-hybridized carbons (Fsp3) is 0.455. The zero-order chi connectivity index (χ0) is 13.6. The summed E-state index contributed by atoms with van der Waals surface area (Å²) in [5.41, 5.74) is 0.456. The minimum Gasteiger partial charge on any atom is -0.395 e. The van der Waals surface area contributed by atoms with E-state index in [1.54, 1.807) is 0 Å². The summed E-state index contributed by atoms with van der Waals surface area (Å²) in [6.07, 6.45) is 0. The van der Waals surface area contributed by atoms with Crippen LogP contribution in [-0.4, -0.2) is 49.2 Å². The fourth-order valence-electron chi connectivity index (χ4n) is 1.50. The van der Waals surface area contributed by atoms with Gasteiger partial charge in [0.25, 0.3) is 0 Å². The van der Waals surface area contributed by atoms with E-state index in [9.17, 15) is 12.8 Å². The minimum absolute atomic E-state index is 0.0654. The molecule has 0 atom stereocenters. The van der Waals surface area contributed by atoms with Gasteiger partial charge in [-0.25, -0.2) is 12.8 Å². The molecule has 2 N–H and O–H groups in total. The molecule has 1 rings (SSSR count). The summed E-state index contributed by atoms with van der Waals surface area (Å²) in [7, 11) is -3.62. The molecule has 0 aliphatic heterocycles. The van der Waals surface area contributed by atoms with Crippen LogP contribution in [0.4, 0.5) is 4.39 Å². The van der Waals surface area contributed by atoms with Gasteiger partial charge in [-0.3, -0.25) is 0 Å². The quantitative estimate of drug-likeness (QED) is 0.732. The maximum atomic E-state index is 12.7. The SMILES string of the molecule is O=S(=O)(Cc1ccc(F)cc1)N(CCO)CCO. The highest BCUT2D eigenvalue weighted by atomic mass is 32.2. The second-order valence-corrected chi connectivity index (χ2v) is 5.70. The number of sulfonamides is 1. The van der Waals surface area contributed by atoms with Gasteiger partial charge in [0.1, 0.15) is 5.82 Å². The molecule has 0 saturated heterocycles. The van der Waals surface area contributed by atoms with Crippen LogP contribution in [0.25, 0.3) is 0 Å². The van der Waals surface area contributed by atoms with Crippen LogP contribution in [0.3, 0.4) is 0 Å². The Kier molecular flexibility index (Phi) is 5.67. The second-order valence-electron chi connectivity index (χ2n) is 3.73. The lowest BCUT2D eigenvalue weighted by Crippen LogP contribution is -2.36. The van der Waals surface area contributed by atoms with E-state index in [0.29, 0.717) is 5.56 Å². The molecule has 0 saturated carbocycles. The third kappa shape index (κ3) is 4.34. The van der Waals surface area contributed by atoms with Gasteiger partial charge in [0.2, 0.25) is 10.0 Å². The van der Waals surface area contributed by atoms with Gasteiger partial charge in [0, 0.05) is 13.1 Å². The largest absolute Gasteiger partial charge is 0.395 e. The van der Waals surface area contributed by atoms with Crippen LogP contribution < -0.4 is 0 Å². The second kappa shape index (κ2) is 6.79. The molecular formula is C11H16FNO4S. The molecular weight excluding hydrogens is 261 g/mol. The van der Waals surface area contributed by atoms with E-state index in [2.05, 4.69) is 0 Å². The van der Waals surface area contributed by atoms with Crippen LogP contribution in [0.5, 0.6) is 0 Å². The van der Waals surface area contributed by atoms with Gasteiger partial charge in [0.05, 0.1) is 19.0 Å². The van der Waals surface area contributed by atoms with Crippen LogP contribution in [0, 0.1) is 5.82 Å². The first-order chi connectivity index (χ1) is 8.49. The first kappa shape index (κ1) is 15.0. The molecule has 0 aliphatic rings. The average molecular weight is 277 g/mol. The Labute approximate surface area is 106 Å². The maximum absolute atomic E-state index is 12.7. The number of aliphatic hydroxyl groups is 2. The van der Waals surface area contributed by atoms with Crippen molar-refractivity contribution in [3.8, 4) is 0 Å². The third-order valence-corrected chi connectivity index (χ3v) is 4.20. The Morgan fingerprint density at radius 1 is 1.06 bits per heavy atom. The topological polar surface area (TPSA) is 77.8 Å². The molecule has 5 nitrogen and oxygen atoms in total. The number of nitrogens with zero attached hydrogens (tertiary/aromatic N) is 1. The van der Waals surface area contributed by atoms with Crippen molar-refractivity contribution in [1.82, 2.24) is 4.31 Å². The standard InChI is InChI=1S/C11H16FNO4S/c12-11-3-1-10(2-4-11)9-18(16,17)13(5-7-14)6-8-15/h1-4,14-15H,5-9H2. The number of halogens is 1. The summed E-state index contributed by atoms with van der Waals surface area (Å²) in [5.74, 6) is -0.716. The Morgan fingerprint density at radius 2 is 1.56 bits per heavy atom. The van der Waals surface area contributed by atoms with Crippen molar-refractivity contribution in [2.24, 2.45) is 0 Å². The lowest BCUT2D eigenvalue weighted by atomic mass is 10.2. The Hall–Kier alpha value is -1.02. The average Bonchev–Trinajstić information content (AvgIpc) is 2.32. The zero-order valence-corrected chi connectivity index (χ0v) is 10.6. The van der Waals surface area contributed by atoms with Gasteiger partial charge < -0.3 is 10.2 Å². The van der Waals surface area contributed by atoms with E-state index in [1.165, 1.54) is 24.3 Å². The van der Waals surface area contributed by atoms with Crippen molar-refractivity contribution < 1.29 is 23.0 Å². The fourth-order valence-corrected chi connectivity index (χ4v) is 3.01. The normalized spacial score (nSPS) is 12.0. The van der Waals surface area contributed by atoms with Crippen molar-refractivity contribution in [2.45, 2.75) is 5.75 Å². The van der Waals surface area contributed by atoms with Gasteiger partial charge in [-0.2, -0.15) is 4.31 Å². The Bertz CT molecular complexity index is 454. The smallest absolute Gasteiger partial charge is 0.218 e. The number of benzene rings is 1. The van der Waals surface area contributed by atoms with E-state index >= 15 is 0 Å². The molecule has 0 aromatic heterocycles. The van der Waals surface area contributed by atoms with Crippen molar-refractivity contribution in [3.05, 3.63) is 35.6 Å². The molecule has 18 heavy (non-hydrogen) atoms. The first-order valence-corrected chi connectivity index (χ1v) is 7.04. The highest BCUT2D eigenvalue weighted by molar-refractivity contribution is 7.88. The van der Waals surface area contributed by atoms with Gasteiger partial charge in [-0.05, 0) is 17.7 Å². The summed E-state index contributed by atoms with van der Waals surface area (Å²) in [6.45, 7) is -0.764. The summed E-state index contributed by atoms with van der Waals surface area (Å²) in [5, 5.41) is 17.6. The molecule has 7 heteroatoms. The first-order valence-electron chi connectivity index (χ1n) is 5.43. The predicted octanol–water partition coefficient (Wildman–Crippen LogP) is -0.0579. The third-order valence-electron chi connectivity index (χ3n) is 2.35. The summed E-state index contributed by atoms with van der Waals surface area (Å²) in [6, 6.07) is 5.16. The molecule has 102 valence electrons. The van der Waals surface area contributed by atoms with Gasteiger partial charge in [-0.15, -0.1) is 0 Å². The zero-order valence-electron chi connectivity index (χ0n) is 9.79. The van der Waals surface area contributed by atoms with Crippen LogP contribution in [0.2, 0.25) is 0 Å². The van der Waals surface area contributed by atoms with Crippen molar-refractivity contribution in [2.75, 3.05) is 26.3 Å². The summed E-state index contributed by atoms with van der Waals surface area (Å²) < 4.78 is 37.7. The van der Waals surface area contributed by atoms with Gasteiger partial charge in [-0.1, -0.05) is 12.1 Å². The van der Waals surface area contributed by atoms with E-state index in [1.807, 2.05) is 0 Å². The maximum Gasteiger partial charge on any atom is 0.218 e. The number of aliphatic hydroxyl groups excluding tert-OH is 2. The Balaban J connectivity index is 2.81. The molecule has 0 radical (unpaired) electrons. The van der Waals surface area contributed by atoms with Crippen molar-refractivity contribution in [1.29, 1.82) is 0 Å². The van der Waals surface area contributed by atoms with Crippen molar-refractivity contribution in [3.63, 3.8) is 0 Å². The highest BCUT2D eigenvalue weighted by Gasteiger charge is 2.21. The molecule has 1 aromatic carbocycles. The van der Waals surface area contributed by atoms with E-state index in [4.69, 9.17) is 10.2 Å². The van der Waals surface area contributed by atoms with Gasteiger partial charge in [0.15, 0.2) is 0 Å². The number of hydrogen-bond acceptors (Lipinski definition) is 4. The van der Waals surface area contributed by atoms with Crippen LogP contribution in [0.1, 0.15) is 5.56 Å². The molecule has 0 bridgehead atoms. The van der Waals surface area contributed by atoms with E-state index < -0.39 is 15.8 Å². The lowest BCUT2D eigenvalue weighted by Gasteiger charge is -2.20. The lowest BCUT2D eigenvalue weighted by molar-refractivity contribution is 0.217. The number of rotatable bonds is 7. The van der Waals surface area contributed by atoms with E-state index in [-0.39, 0.29) is 32.1 Å². The van der Waals surface area contributed by atoms with E-state index in [0.717, 1.165) is 4.31 Å². The Morgan fingerprint density at radius 3 is 2.00 bits per heavy atom.